The molecule has 7 heteroatoms. The molecule has 6 nitrogen and oxygen atoms in total. The van der Waals surface area contributed by atoms with E-state index in [1.807, 2.05) is 0 Å². The summed E-state index contributed by atoms with van der Waals surface area (Å²) in [5, 5.41) is 13.2. The van der Waals surface area contributed by atoms with Crippen LogP contribution in [0.1, 0.15) is 28.8 Å². The Kier molecular flexibility index (Phi) is 5.31. The van der Waals surface area contributed by atoms with Gasteiger partial charge in [-0.05, 0) is 50.1 Å². The molecular weight excluding hydrogens is 375 g/mol. The largest absolute Gasteiger partial charge is 0.508 e. The first-order valence-corrected chi connectivity index (χ1v) is 9.48. The maximum atomic E-state index is 13.9. The molecule has 0 spiro atoms. The van der Waals surface area contributed by atoms with Crippen LogP contribution in [0.5, 0.6) is 5.75 Å². The summed E-state index contributed by atoms with van der Waals surface area (Å²) in [4.78, 5) is 17.3. The van der Waals surface area contributed by atoms with Gasteiger partial charge in [0.05, 0.1) is 11.8 Å². The van der Waals surface area contributed by atoms with Crippen LogP contribution >= 0.6 is 0 Å². The highest BCUT2D eigenvalue weighted by atomic mass is 19.1. The lowest BCUT2D eigenvalue weighted by molar-refractivity contribution is 0.0854. The molecule has 1 aliphatic heterocycles. The second-order valence-corrected chi connectivity index (χ2v) is 7.03. The van der Waals surface area contributed by atoms with Crippen molar-refractivity contribution in [2.75, 3.05) is 13.2 Å². The molecule has 3 aromatic rings. The van der Waals surface area contributed by atoms with Crippen LogP contribution in [0.25, 0.3) is 11.0 Å². The molecule has 1 aliphatic rings. The van der Waals surface area contributed by atoms with Crippen LogP contribution in [-0.4, -0.2) is 30.3 Å². The number of phenols is 1. The van der Waals surface area contributed by atoms with E-state index in [0.717, 1.165) is 12.8 Å². The van der Waals surface area contributed by atoms with E-state index in [9.17, 15) is 14.3 Å². The Bertz CT molecular complexity index is 1130. The standard InChI is InChI=1S/C22H21FN2O4/c1-13-18(23)5-2-6-19(13)25-22-17(21(27)24-12-16-4-3-9-28-16)10-14-7-8-15(26)11-20(14)29-22/h2,5-8,10-11,16,26H,3-4,9,12H2,1H3,(H,24,27)/t16-/m0/s1. The molecule has 1 amide bonds. The number of hydrogen-bond acceptors (Lipinski definition) is 5. The second-order valence-electron chi connectivity index (χ2n) is 7.03. The van der Waals surface area contributed by atoms with Crippen LogP contribution in [0.2, 0.25) is 0 Å². The highest BCUT2D eigenvalue weighted by Gasteiger charge is 2.19. The number of fused-ring (bicyclic) bond motifs is 1. The molecule has 2 heterocycles. The number of aromatic hydroxyl groups is 1. The van der Waals surface area contributed by atoms with Gasteiger partial charge in [0.2, 0.25) is 5.55 Å². The van der Waals surface area contributed by atoms with Gasteiger partial charge in [-0.1, -0.05) is 6.07 Å². The first kappa shape index (κ1) is 19.1. The van der Waals surface area contributed by atoms with Crippen LogP contribution in [0.3, 0.4) is 0 Å². The molecule has 1 saturated heterocycles. The molecule has 4 rings (SSSR count). The molecule has 0 aliphatic carbocycles. The Balaban J connectivity index is 1.79. The number of hydrogen-bond donors (Lipinski definition) is 2. The molecule has 150 valence electrons. The zero-order chi connectivity index (χ0) is 20.4. The maximum Gasteiger partial charge on any atom is 0.256 e. The number of nitrogens with one attached hydrogen (secondary N) is 1. The summed E-state index contributed by atoms with van der Waals surface area (Å²) in [5.41, 5.74) is 1.35. The third kappa shape index (κ3) is 4.14. The van der Waals surface area contributed by atoms with E-state index >= 15 is 0 Å². The lowest BCUT2D eigenvalue weighted by Crippen LogP contribution is -2.34. The van der Waals surface area contributed by atoms with Gasteiger partial charge in [0.1, 0.15) is 22.7 Å². The van der Waals surface area contributed by atoms with Gasteiger partial charge in [-0.15, -0.1) is 0 Å². The molecule has 0 unspecified atom stereocenters. The van der Waals surface area contributed by atoms with Crippen molar-refractivity contribution in [3.63, 3.8) is 0 Å². The van der Waals surface area contributed by atoms with Crippen molar-refractivity contribution in [1.82, 2.24) is 5.32 Å². The topological polar surface area (TPSA) is 84.1 Å². The average Bonchev–Trinajstić information content (AvgIpc) is 3.23. The number of carbonyl (C=O) groups is 1. The number of benzene rings is 2. The lowest BCUT2D eigenvalue weighted by atomic mass is 10.1. The molecule has 0 saturated carbocycles. The van der Waals surface area contributed by atoms with Crippen molar-refractivity contribution in [3.05, 3.63) is 65.0 Å². The van der Waals surface area contributed by atoms with E-state index in [-0.39, 0.29) is 28.9 Å². The molecule has 2 N–H and O–H groups in total. The summed E-state index contributed by atoms with van der Waals surface area (Å²) in [6, 6.07) is 10.8. The molecule has 1 atom stereocenters. The van der Waals surface area contributed by atoms with E-state index in [4.69, 9.17) is 9.15 Å². The van der Waals surface area contributed by atoms with Gasteiger partial charge in [-0.25, -0.2) is 9.38 Å². The Morgan fingerprint density at radius 1 is 1.31 bits per heavy atom. The minimum atomic E-state index is -0.394. The minimum absolute atomic E-state index is 0.000792. The smallest absolute Gasteiger partial charge is 0.256 e. The molecular formula is C22H21FN2O4. The Hall–Kier alpha value is -3.19. The molecule has 29 heavy (non-hydrogen) atoms. The van der Waals surface area contributed by atoms with Crippen LogP contribution in [0, 0.1) is 12.7 Å². The van der Waals surface area contributed by atoms with Crippen molar-refractivity contribution < 1.29 is 23.4 Å². The number of phenolic OH excluding ortho intramolecular Hbond substituents is 1. The van der Waals surface area contributed by atoms with Gasteiger partial charge in [0, 0.05) is 30.2 Å². The second kappa shape index (κ2) is 8.05. The van der Waals surface area contributed by atoms with Crippen molar-refractivity contribution in [2.45, 2.75) is 25.9 Å². The van der Waals surface area contributed by atoms with Gasteiger partial charge in [0.15, 0.2) is 0 Å². The van der Waals surface area contributed by atoms with E-state index in [1.54, 1.807) is 31.2 Å². The fourth-order valence-corrected chi connectivity index (χ4v) is 3.29. The molecule has 0 bridgehead atoms. The first-order valence-electron chi connectivity index (χ1n) is 9.48. The zero-order valence-electron chi connectivity index (χ0n) is 15.9. The van der Waals surface area contributed by atoms with E-state index < -0.39 is 5.82 Å². The van der Waals surface area contributed by atoms with E-state index in [2.05, 4.69) is 10.3 Å². The zero-order valence-corrected chi connectivity index (χ0v) is 15.9. The number of nitrogens with zero attached hydrogens (tertiary/aromatic N) is 1. The Morgan fingerprint density at radius 2 is 2.17 bits per heavy atom. The molecule has 0 radical (unpaired) electrons. The fourth-order valence-electron chi connectivity index (χ4n) is 3.29. The van der Waals surface area contributed by atoms with E-state index in [0.29, 0.717) is 35.4 Å². The van der Waals surface area contributed by atoms with Crippen molar-refractivity contribution in [2.24, 2.45) is 4.99 Å². The molecule has 1 aromatic heterocycles. The lowest BCUT2D eigenvalue weighted by Gasteiger charge is -2.11. The number of carbonyl (C=O) groups excluding carboxylic acids is 1. The summed E-state index contributed by atoms with van der Waals surface area (Å²) < 4.78 is 25.3. The van der Waals surface area contributed by atoms with Crippen LogP contribution in [0.15, 0.2) is 51.9 Å². The first-order chi connectivity index (χ1) is 14.0. The van der Waals surface area contributed by atoms with Crippen molar-refractivity contribution in [3.8, 4) is 5.75 Å². The van der Waals surface area contributed by atoms with Gasteiger partial charge >= 0.3 is 0 Å². The van der Waals surface area contributed by atoms with Crippen LogP contribution in [0.4, 0.5) is 10.1 Å². The quantitative estimate of drug-likeness (QED) is 0.704. The number of rotatable bonds is 4. The van der Waals surface area contributed by atoms with Gasteiger partial charge in [0.25, 0.3) is 5.91 Å². The SMILES string of the molecule is Cc1c(F)cccc1N=c1oc2cc(O)ccc2cc1C(=O)NC[C@@H]1CCCO1. The Labute approximate surface area is 166 Å². The summed E-state index contributed by atoms with van der Waals surface area (Å²) in [5.74, 6) is -0.717. The highest BCUT2D eigenvalue weighted by molar-refractivity contribution is 5.96. The average molecular weight is 396 g/mol. The minimum Gasteiger partial charge on any atom is -0.508 e. The Morgan fingerprint density at radius 3 is 2.97 bits per heavy atom. The predicted octanol–water partition coefficient (Wildman–Crippen LogP) is 3.73. The summed E-state index contributed by atoms with van der Waals surface area (Å²) in [6.45, 7) is 2.71. The number of amides is 1. The van der Waals surface area contributed by atoms with Crippen molar-refractivity contribution >= 4 is 22.6 Å². The fraction of sp³-hybridized carbons (Fsp3) is 0.273. The monoisotopic (exact) mass is 396 g/mol. The molecule has 2 aromatic carbocycles. The van der Waals surface area contributed by atoms with Crippen LogP contribution < -0.4 is 10.9 Å². The van der Waals surface area contributed by atoms with Gasteiger partial charge < -0.3 is 19.6 Å². The predicted molar refractivity (Wildman–Crippen MR) is 106 cm³/mol. The third-order valence-electron chi connectivity index (χ3n) is 4.95. The summed E-state index contributed by atoms with van der Waals surface area (Å²) >= 11 is 0. The van der Waals surface area contributed by atoms with Gasteiger partial charge in [-0.2, -0.15) is 0 Å². The summed E-state index contributed by atoms with van der Waals surface area (Å²) in [7, 11) is 0. The highest BCUT2D eigenvalue weighted by Crippen LogP contribution is 2.22. The summed E-state index contributed by atoms with van der Waals surface area (Å²) in [6.07, 6.45) is 1.88. The van der Waals surface area contributed by atoms with E-state index in [1.165, 1.54) is 18.2 Å². The van der Waals surface area contributed by atoms with Crippen LogP contribution in [-0.2, 0) is 4.74 Å². The van der Waals surface area contributed by atoms with Crippen molar-refractivity contribution in [1.29, 1.82) is 0 Å². The maximum absolute atomic E-state index is 13.9. The third-order valence-corrected chi connectivity index (χ3v) is 4.95. The normalized spacial score (nSPS) is 17.0. The number of ether oxygens (including phenoxy) is 1. The molecule has 1 fully saturated rings. The van der Waals surface area contributed by atoms with Gasteiger partial charge in [-0.3, -0.25) is 4.79 Å². The number of halogens is 1.